The third kappa shape index (κ3) is 5.63. The van der Waals surface area contributed by atoms with Gasteiger partial charge in [-0.2, -0.15) is 0 Å². The molecule has 17 heavy (non-hydrogen) atoms. The average Bonchev–Trinajstić information content (AvgIpc) is 2.30. The quantitative estimate of drug-likeness (QED) is 0.423. The topological polar surface area (TPSA) is 42.9 Å². The van der Waals surface area contributed by atoms with Crippen LogP contribution in [0.1, 0.15) is 26.7 Å². The fraction of sp³-hybridized carbons (Fsp3) is 0.462. The van der Waals surface area contributed by atoms with Gasteiger partial charge in [0, 0.05) is 24.6 Å². The van der Waals surface area contributed by atoms with Gasteiger partial charge >= 0.3 is 0 Å². The van der Waals surface area contributed by atoms with E-state index in [0.717, 1.165) is 17.3 Å². The van der Waals surface area contributed by atoms with Crippen LogP contribution in [0.15, 0.2) is 35.8 Å². The average molecular weight is 250 g/mol. The molecule has 0 fully saturated rings. The van der Waals surface area contributed by atoms with E-state index in [4.69, 9.17) is 0 Å². The molecule has 0 aliphatic carbocycles. The number of hydrogen-bond acceptors (Lipinski definition) is 4. The van der Waals surface area contributed by atoms with E-state index in [1.807, 2.05) is 0 Å². The summed E-state index contributed by atoms with van der Waals surface area (Å²) in [4.78, 5) is 19.7. The Bertz CT molecular complexity index is 378. The fourth-order valence-electron chi connectivity index (χ4n) is 1.30. The molecular weight excluding hydrogens is 232 g/mol. The molecule has 0 N–H and O–H groups in total. The summed E-state index contributed by atoms with van der Waals surface area (Å²) in [6.45, 7) is 7.52. The van der Waals surface area contributed by atoms with Crippen molar-refractivity contribution in [3.8, 4) is 0 Å². The lowest BCUT2D eigenvalue weighted by atomic mass is 9.99. The smallest absolute Gasteiger partial charge is 0.187 e. The van der Waals surface area contributed by atoms with E-state index in [1.54, 1.807) is 37.1 Å². The second kappa shape index (κ2) is 7.22. The van der Waals surface area contributed by atoms with Crippen LogP contribution in [0, 0.1) is 5.92 Å². The van der Waals surface area contributed by atoms with E-state index in [2.05, 4.69) is 23.5 Å². The van der Waals surface area contributed by atoms with Gasteiger partial charge in [0.1, 0.15) is 0 Å². The number of Topliss-reactive ketones (excluding diaryl/α,β-unsaturated/α-hetero) is 1. The molecule has 4 heteroatoms. The third-order valence-electron chi connectivity index (χ3n) is 2.39. The molecule has 1 unspecified atom stereocenters. The molecule has 0 amide bonds. The van der Waals surface area contributed by atoms with Gasteiger partial charge in [-0.15, -0.1) is 0 Å². The van der Waals surface area contributed by atoms with Crippen molar-refractivity contribution < 1.29 is 4.79 Å². The molecule has 1 rings (SSSR count). The molecule has 0 saturated carbocycles. The molecule has 0 saturated heterocycles. The highest BCUT2D eigenvalue weighted by Crippen LogP contribution is 2.18. The minimum atomic E-state index is 0.165. The molecule has 0 bridgehead atoms. The zero-order valence-electron chi connectivity index (χ0n) is 10.3. The predicted octanol–water partition coefficient (Wildman–Crippen LogP) is 3.13. The maximum atomic E-state index is 11.5. The van der Waals surface area contributed by atoms with E-state index in [1.165, 1.54) is 0 Å². The van der Waals surface area contributed by atoms with Crippen LogP contribution in [0.25, 0.3) is 0 Å². The first kappa shape index (κ1) is 13.9. The monoisotopic (exact) mass is 250 g/mol. The van der Waals surface area contributed by atoms with E-state index in [0.29, 0.717) is 17.9 Å². The predicted molar refractivity (Wildman–Crippen MR) is 71.0 cm³/mol. The Labute approximate surface area is 107 Å². The first-order chi connectivity index (χ1) is 8.09. The van der Waals surface area contributed by atoms with Crippen molar-refractivity contribution in [2.75, 3.05) is 5.75 Å². The van der Waals surface area contributed by atoms with Gasteiger partial charge in [0.15, 0.2) is 10.9 Å². The lowest BCUT2D eigenvalue weighted by Crippen LogP contribution is -2.07. The molecule has 3 nitrogen and oxygen atoms in total. The van der Waals surface area contributed by atoms with Gasteiger partial charge < -0.3 is 0 Å². The highest BCUT2D eigenvalue weighted by molar-refractivity contribution is 7.99. The summed E-state index contributed by atoms with van der Waals surface area (Å²) in [5.74, 6) is 1.49. The van der Waals surface area contributed by atoms with Crippen molar-refractivity contribution in [1.82, 2.24) is 9.97 Å². The van der Waals surface area contributed by atoms with Gasteiger partial charge in [0.25, 0.3) is 0 Å². The zero-order chi connectivity index (χ0) is 12.7. The molecule has 0 spiro atoms. The van der Waals surface area contributed by atoms with Gasteiger partial charge in [-0.1, -0.05) is 25.3 Å². The van der Waals surface area contributed by atoms with Gasteiger partial charge in [-0.25, -0.2) is 9.97 Å². The summed E-state index contributed by atoms with van der Waals surface area (Å²) in [6.07, 6.45) is 5.06. The summed E-state index contributed by atoms with van der Waals surface area (Å²) < 4.78 is 0. The van der Waals surface area contributed by atoms with E-state index >= 15 is 0 Å². The molecule has 1 heterocycles. The van der Waals surface area contributed by atoms with Crippen LogP contribution in [0.5, 0.6) is 0 Å². The zero-order valence-corrected chi connectivity index (χ0v) is 11.2. The van der Waals surface area contributed by atoms with Crippen LogP contribution in [0.2, 0.25) is 0 Å². The first-order valence-corrected chi connectivity index (χ1v) is 6.66. The highest BCUT2D eigenvalue weighted by atomic mass is 32.2. The van der Waals surface area contributed by atoms with Crippen LogP contribution in [0.3, 0.4) is 0 Å². The SMILES string of the molecule is C=C(C)C(=O)CC(C)CCSc1ncccn1. The summed E-state index contributed by atoms with van der Waals surface area (Å²) >= 11 is 1.63. The first-order valence-electron chi connectivity index (χ1n) is 5.68. The van der Waals surface area contributed by atoms with Crippen LogP contribution in [0.4, 0.5) is 0 Å². The Hall–Kier alpha value is -1.16. The molecule has 0 radical (unpaired) electrons. The maximum absolute atomic E-state index is 11.5. The van der Waals surface area contributed by atoms with Gasteiger partial charge in [-0.05, 0) is 30.9 Å². The van der Waals surface area contributed by atoms with E-state index in [9.17, 15) is 4.79 Å². The standard InChI is InChI=1S/C13H18N2OS/c1-10(2)12(16)9-11(3)5-8-17-13-14-6-4-7-15-13/h4,6-7,11H,1,5,8-9H2,2-3H3. The van der Waals surface area contributed by atoms with Crippen LogP contribution >= 0.6 is 11.8 Å². The van der Waals surface area contributed by atoms with Crippen LogP contribution in [-0.2, 0) is 4.79 Å². The van der Waals surface area contributed by atoms with E-state index < -0.39 is 0 Å². The summed E-state index contributed by atoms with van der Waals surface area (Å²) in [5.41, 5.74) is 0.649. The number of ketones is 1. The number of hydrogen-bond donors (Lipinski definition) is 0. The third-order valence-corrected chi connectivity index (χ3v) is 3.30. The largest absolute Gasteiger partial charge is 0.295 e. The Morgan fingerprint density at radius 3 is 2.71 bits per heavy atom. The molecule has 1 aromatic heterocycles. The summed E-state index contributed by atoms with van der Waals surface area (Å²) in [5, 5.41) is 0.797. The maximum Gasteiger partial charge on any atom is 0.187 e. The van der Waals surface area contributed by atoms with Crippen LogP contribution < -0.4 is 0 Å². The summed E-state index contributed by atoms with van der Waals surface area (Å²) in [6, 6.07) is 1.80. The second-order valence-corrected chi connectivity index (χ2v) is 5.24. The lowest BCUT2D eigenvalue weighted by molar-refractivity contribution is -0.116. The molecule has 0 aromatic carbocycles. The highest BCUT2D eigenvalue weighted by Gasteiger charge is 2.09. The molecular formula is C13H18N2OS. The van der Waals surface area contributed by atoms with Crippen LogP contribution in [-0.4, -0.2) is 21.5 Å². The number of carbonyl (C=O) groups is 1. The number of carbonyl (C=O) groups excluding carboxylic acids is 1. The Kier molecular flexibility index (Phi) is 5.91. The van der Waals surface area contributed by atoms with Crippen molar-refractivity contribution in [1.29, 1.82) is 0 Å². The minimum absolute atomic E-state index is 0.165. The Morgan fingerprint density at radius 1 is 1.47 bits per heavy atom. The minimum Gasteiger partial charge on any atom is -0.295 e. The van der Waals surface area contributed by atoms with Gasteiger partial charge in [0.2, 0.25) is 0 Å². The number of allylic oxidation sites excluding steroid dienone is 1. The molecule has 1 atom stereocenters. The molecule has 1 aromatic rings. The summed E-state index contributed by atoms with van der Waals surface area (Å²) in [7, 11) is 0. The Morgan fingerprint density at radius 2 is 2.12 bits per heavy atom. The van der Waals surface area contributed by atoms with Crippen molar-refractivity contribution in [3.05, 3.63) is 30.6 Å². The number of rotatable bonds is 7. The van der Waals surface area contributed by atoms with Crippen molar-refractivity contribution in [3.63, 3.8) is 0 Å². The van der Waals surface area contributed by atoms with Gasteiger partial charge in [0.05, 0.1) is 0 Å². The second-order valence-electron chi connectivity index (χ2n) is 4.18. The lowest BCUT2D eigenvalue weighted by Gasteiger charge is -2.09. The molecule has 0 aliphatic rings. The van der Waals surface area contributed by atoms with Crippen molar-refractivity contribution >= 4 is 17.5 Å². The normalized spacial score (nSPS) is 12.1. The van der Waals surface area contributed by atoms with E-state index in [-0.39, 0.29) is 5.78 Å². The number of aromatic nitrogens is 2. The molecule has 92 valence electrons. The van der Waals surface area contributed by atoms with Crippen molar-refractivity contribution in [2.45, 2.75) is 31.8 Å². The fourth-order valence-corrected chi connectivity index (χ4v) is 2.28. The Balaban J connectivity index is 2.23. The number of nitrogens with zero attached hydrogens (tertiary/aromatic N) is 2. The van der Waals surface area contributed by atoms with Gasteiger partial charge in [-0.3, -0.25) is 4.79 Å². The van der Waals surface area contributed by atoms with Crippen molar-refractivity contribution in [2.24, 2.45) is 5.92 Å². The molecule has 0 aliphatic heterocycles. The number of thioether (sulfide) groups is 1.